The van der Waals surface area contributed by atoms with Crippen LogP contribution in [-0.2, 0) is 0 Å². The SMILES string of the molecule is C=NSN=C(C)C. The molecule has 0 amide bonds. The lowest BCUT2D eigenvalue weighted by Crippen LogP contribution is -1.72. The van der Waals surface area contributed by atoms with Crippen LogP contribution in [0.4, 0.5) is 0 Å². The molecular weight excluding hydrogens is 108 g/mol. The van der Waals surface area contributed by atoms with E-state index in [1.165, 1.54) is 0 Å². The van der Waals surface area contributed by atoms with Crippen LogP contribution in [0.5, 0.6) is 0 Å². The first-order valence-electron chi connectivity index (χ1n) is 1.90. The van der Waals surface area contributed by atoms with Crippen LogP contribution in [0.3, 0.4) is 0 Å². The smallest absolute Gasteiger partial charge is 0.114 e. The zero-order valence-electron chi connectivity index (χ0n) is 4.51. The summed E-state index contributed by atoms with van der Waals surface area (Å²) in [7, 11) is 0. The van der Waals surface area contributed by atoms with Gasteiger partial charge in [0.2, 0.25) is 0 Å². The summed E-state index contributed by atoms with van der Waals surface area (Å²) >= 11 is 1.12. The van der Waals surface area contributed by atoms with E-state index in [2.05, 4.69) is 15.5 Å². The second-order valence-electron chi connectivity index (χ2n) is 1.25. The molecule has 0 aromatic rings. The summed E-state index contributed by atoms with van der Waals surface area (Å²) in [5.41, 5.74) is 1.01. The summed E-state index contributed by atoms with van der Waals surface area (Å²) in [5.74, 6) is 0. The molecular formula is C4H8N2S. The van der Waals surface area contributed by atoms with Gasteiger partial charge in [0.15, 0.2) is 0 Å². The standard InChI is InChI=1S/C4H8N2S/c1-4(2)6-7-5-3/h3H2,1-2H3. The van der Waals surface area contributed by atoms with E-state index in [0.29, 0.717) is 0 Å². The molecule has 40 valence electrons. The lowest BCUT2D eigenvalue weighted by Gasteiger charge is -1.80. The fourth-order valence-corrected chi connectivity index (χ4v) is 0.332. The van der Waals surface area contributed by atoms with Crippen LogP contribution >= 0.6 is 12.1 Å². The Hall–Kier alpha value is -0.310. The molecule has 0 unspecified atom stereocenters. The molecule has 0 saturated heterocycles. The lowest BCUT2D eigenvalue weighted by atomic mass is 10.5. The van der Waals surface area contributed by atoms with Gasteiger partial charge in [0.05, 0.1) is 0 Å². The monoisotopic (exact) mass is 116 g/mol. The highest BCUT2D eigenvalue weighted by Crippen LogP contribution is 2.00. The van der Waals surface area contributed by atoms with Gasteiger partial charge in [-0.1, -0.05) is 0 Å². The van der Waals surface area contributed by atoms with E-state index in [4.69, 9.17) is 0 Å². The van der Waals surface area contributed by atoms with Crippen molar-refractivity contribution in [3.05, 3.63) is 0 Å². The van der Waals surface area contributed by atoms with Crippen LogP contribution in [0.1, 0.15) is 13.8 Å². The third-order valence-corrected chi connectivity index (χ3v) is 0.843. The Morgan fingerprint density at radius 2 is 2.14 bits per heavy atom. The molecule has 0 aliphatic carbocycles. The zero-order valence-corrected chi connectivity index (χ0v) is 5.33. The molecule has 0 bridgehead atoms. The van der Waals surface area contributed by atoms with Gasteiger partial charge >= 0.3 is 0 Å². The third-order valence-electron chi connectivity index (χ3n) is 0.281. The average Bonchev–Trinajstić information content (AvgIpc) is 1.61. The Bertz CT molecular complexity index is 83.7. The highest BCUT2D eigenvalue weighted by atomic mass is 32.2. The predicted molar refractivity (Wildman–Crippen MR) is 35.9 cm³/mol. The second kappa shape index (κ2) is 3.87. The van der Waals surface area contributed by atoms with Crippen molar-refractivity contribution in [3.63, 3.8) is 0 Å². The van der Waals surface area contributed by atoms with Crippen LogP contribution in [0.15, 0.2) is 8.80 Å². The summed E-state index contributed by atoms with van der Waals surface area (Å²) in [6.07, 6.45) is 0. The van der Waals surface area contributed by atoms with Gasteiger partial charge in [-0.2, -0.15) is 0 Å². The fourth-order valence-electron chi connectivity index (χ4n) is 0.111. The maximum Gasteiger partial charge on any atom is 0.114 e. The minimum atomic E-state index is 1.01. The van der Waals surface area contributed by atoms with Gasteiger partial charge in [-0.25, -0.2) is 8.80 Å². The van der Waals surface area contributed by atoms with Crippen molar-refractivity contribution >= 4 is 24.6 Å². The minimum Gasteiger partial charge on any atom is -0.210 e. The molecule has 7 heavy (non-hydrogen) atoms. The second-order valence-corrected chi connectivity index (χ2v) is 1.85. The van der Waals surface area contributed by atoms with Crippen molar-refractivity contribution in [1.82, 2.24) is 0 Å². The molecule has 0 aromatic carbocycles. The molecule has 0 N–H and O–H groups in total. The molecule has 0 saturated carbocycles. The lowest BCUT2D eigenvalue weighted by molar-refractivity contribution is 1.67. The van der Waals surface area contributed by atoms with Crippen molar-refractivity contribution in [1.29, 1.82) is 0 Å². The van der Waals surface area contributed by atoms with E-state index in [1.54, 1.807) is 0 Å². The van der Waals surface area contributed by atoms with E-state index in [-0.39, 0.29) is 0 Å². The van der Waals surface area contributed by atoms with E-state index in [0.717, 1.165) is 17.8 Å². The maximum atomic E-state index is 3.85. The minimum absolute atomic E-state index is 1.01. The van der Waals surface area contributed by atoms with E-state index in [1.807, 2.05) is 13.8 Å². The largest absolute Gasteiger partial charge is 0.210 e. The molecule has 3 heteroatoms. The summed E-state index contributed by atoms with van der Waals surface area (Å²) < 4.78 is 7.30. The Kier molecular flexibility index (Phi) is 3.69. The number of hydrogen-bond acceptors (Lipinski definition) is 3. The molecule has 0 aliphatic rings. The molecule has 0 spiro atoms. The first-order valence-corrected chi connectivity index (χ1v) is 2.64. The number of hydrogen-bond donors (Lipinski definition) is 0. The van der Waals surface area contributed by atoms with E-state index >= 15 is 0 Å². The van der Waals surface area contributed by atoms with Crippen LogP contribution in [0.2, 0.25) is 0 Å². The van der Waals surface area contributed by atoms with Crippen LogP contribution in [0.25, 0.3) is 0 Å². The van der Waals surface area contributed by atoms with Gasteiger partial charge in [0.1, 0.15) is 12.1 Å². The molecule has 0 aliphatic heterocycles. The zero-order chi connectivity index (χ0) is 5.70. The van der Waals surface area contributed by atoms with Crippen molar-refractivity contribution in [2.45, 2.75) is 13.8 Å². The first-order chi connectivity index (χ1) is 3.27. The third kappa shape index (κ3) is 5.69. The Balaban J connectivity index is 3.25. The summed E-state index contributed by atoms with van der Waals surface area (Å²) in [6.45, 7) is 7.07. The van der Waals surface area contributed by atoms with Gasteiger partial charge in [0, 0.05) is 12.4 Å². The number of nitrogens with zero attached hydrogens (tertiary/aromatic N) is 2. The van der Waals surface area contributed by atoms with Gasteiger partial charge < -0.3 is 0 Å². The highest BCUT2D eigenvalue weighted by molar-refractivity contribution is 7.96. The average molecular weight is 116 g/mol. The predicted octanol–water partition coefficient (Wildman–Crippen LogP) is 1.73. The van der Waals surface area contributed by atoms with Crippen molar-refractivity contribution < 1.29 is 0 Å². The van der Waals surface area contributed by atoms with Gasteiger partial charge in [-0.15, -0.1) is 0 Å². The summed E-state index contributed by atoms with van der Waals surface area (Å²) in [4.78, 5) is 0. The Morgan fingerprint density at radius 3 is 2.29 bits per heavy atom. The molecule has 0 radical (unpaired) electrons. The molecule has 0 rings (SSSR count). The van der Waals surface area contributed by atoms with Crippen molar-refractivity contribution in [2.24, 2.45) is 8.80 Å². The molecule has 0 fully saturated rings. The van der Waals surface area contributed by atoms with E-state index < -0.39 is 0 Å². The quantitative estimate of drug-likeness (QED) is 0.398. The topological polar surface area (TPSA) is 24.7 Å². The van der Waals surface area contributed by atoms with Gasteiger partial charge in [-0.3, -0.25) is 0 Å². The fraction of sp³-hybridized carbons (Fsp3) is 0.500. The number of rotatable bonds is 2. The highest BCUT2D eigenvalue weighted by Gasteiger charge is 1.72. The van der Waals surface area contributed by atoms with Crippen LogP contribution in [-0.4, -0.2) is 12.4 Å². The normalized spacial score (nSPS) is 7.71. The van der Waals surface area contributed by atoms with Gasteiger partial charge in [-0.05, 0) is 13.8 Å². The maximum absolute atomic E-state index is 3.85. The summed E-state index contributed by atoms with van der Waals surface area (Å²) in [6, 6.07) is 0. The van der Waals surface area contributed by atoms with E-state index in [9.17, 15) is 0 Å². The Labute approximate surface area is 48.0 Å². The van der Waals surface area contributed by atoms with Crippen molar-refractivity contribution in [3.8, 4) is 0 Å². The van der Waals surface area contributed by atoms with Gasteiger partial charge in [0.25, 0.3) is 0 Å². The van der Waals surface area contributed by atoms with Crippen LogP contribution < -0.4 is 0 Å². The van der Waals surface area contributed by atoms with Crippen molar-refractivity contribution in [2.75, 3.05) is 0 Å². The molecule has 2 nitrogen and oxygen atoms in total. The molecule has 0 atom stereocenters. The summed E-state index contributed by atoms with van der Waals surface area (Å²) in [5, 5.41) is 0. The molecule has 0 aromatic heterocycles. The molecule has 0 heterocycles. The Morgan fingerprint density at radius 1 is 1.57 bits per heavy atom. The first kappa shape index (κ1) is 6.69. The van der Waals surface area contributed by atoms with Crippen LogP contribution in [0, 0.1) is 0 Å².